The van der Waals surface area contributed by atoms with E-state index in [1.54, 1.807) is 12.1 Å². The number of nitrogens with zero attached hydrogens (tertiary/aromatic N) is 4. The number of nitrogens with one attached hydrogen (secondary N) is 1. The minimum Gasteiger partial charge on any atom is -0.235 e. The van der Waals surface area contributed by atoms with Crippen LogP contribution in [-0.4, -0.2) is 40.5 Å². The number of piperidine rings is 1. The van der Waals surface area contributed by atoms with Gasteiger partial charge in [-0.05, 0) is 42.6 Å². The van der Waals surface area contributed by atoms with E-state index in [1.807, 2.05) is 13.8 Å². The van der Waals surface area contributed by atoms with E-state index in [1.165, 1.54) is 4.68 Å². The zero-order valence-electron chi connectivity index (χ0n) is 11.2. The van der Waals surface area contributed by atoms with Gasteiger partial charge in [0.05, 0.1) is 0 Å². The van der Waals surface area contributed by atoms with Gasteiger partial charge in [-0.15, -0.1) is 9.93 Å². The number of hydrogen-bond acceptors (Lipinski definition) is 5. The molecule has 19 heavy (non-hydrogen) atoms. The summed E-state index contributed by atoms with van der Waals surface area (Å²) in [5, 5.41) is 9.24. The molecule has 2 rings (SSSR count). The molecule has 0 aliphatic carbocycles. The lowest BCUT2D eigenvalue weighted by Crippen LogP contribution is -2.54. The molecule has 2 atom stereocenters. The summed E-state index contributed by atoms with van der Waals surface area (Å²) in [6.07, 6.45) is 3.09. The Labute approximate surface area is 121 Å². The van der Waals surface area contributed by atoms with Gasteiger partial charge in [-0.3, -0.25) is 0 Å². The maximum atomic E-state index is 12.4. The largest absolute Gasteiger partial charge is 0.273 e. The highest BCUT2D eigenvalue weighted by Gasteiger charge is 2.32. The zero-order valence-corrected chi connectivity index (χ0v) is 13.6. The Morgan fingerprint density at radius 1 is 1.32 bits per heavy atom. The van der Waals surface area contributed by atoms with Crippen molar-refractivity contribution in [3.8, 4) is 0 Å². The molecule has 0 bridgehead atoms. The van der Waals surface area contributed by atoms with Crippen molar-refractivity contribution in [1.82, 2.24) is 24.8 Å². The first-order valence-electron chi connectivity index (χ1n) is 6.19. The number of halogens is 1. The monoisotopic (exact) mass is 351 g/mol. The molecule has 2 heterocycles. The zero-order chi connectivity index (χ0) is 14.2. The van der Waals surface area contributed by atoms with E-state index in [-0.39, 0.29) is 21.7 Å². The predicted octanol–water partition coefficient (Wildman–Crippen LogP) is 1.03. The van der Waals surface area contributed by atoms with Crippen LogP contribution in [0.15, 0.2) is 9.63 Å². The number of rotatable bonds is 3. The van der Waals surface area contributed by atoms with E-state index in [2.05, 4.69) is 31.1 Å². The molecule has 1 fully saturated rings. The summed E-state index contributed by atoms with van der Waals surface area (Å²) in [5.41, 5.74) is 0. The molecule has 1 N–H and O–H groups in total. The van der Waals surface area contributed by atoms with Gasteiger partial charge in [-0.1, -0.05) is 11.6 Å². The van der Waals surface area contributed by atoms with Crippen molar-refractivity contribution < 1.29 is 8.42 Å². The quantitative estimate of drug-likeness (QED) is 0.879. The fourth-order valence-corrected chi connectivity index (χ4v) is 4.73. The first-order chi connectivity index (χ1) is 8.83. The highest BCUT2D eigenvalue weighted by Crippen LogP contribution is 2.23. The SMILES string of the molecule is CC1CCCC(C)N1NS(=O)(=O)c1c(Br)nnn1C. The van der Waals surface area contributed by atoms with Crippen molar-refractivity contribution >= 4 is 26.0 Å². The maximum absolute atomic E-state index is 12.4. The molecule has 1 aromatic heterocycles. The lowest BCUT2D eigenvalue weighted by molar-refractivity contribution is 0.0788. The Morgan fingerprint density at radius 2 is 1.89 bits per heavy atom. The highest BCUT2D eigenvalue weighted by atomic mass is 79.9. The number of sulfonamides is 1. The fraction of sp³-hybridized carbons (Fsp3) is 0.800. The van der Waals surface area contributed by atoms with Crippen LogP contribution in [0, 0.1) is 0 Å². The van der Waals surface area contributed by atoms with Gasteiger partial charge in [0, 0.05) is 19.1 Å². The van der Waals surface area contributed by atoms with Gasteiger partial charge < -0.3 is 0 Å². The van der Waals surface area contributed by atoms with Crippen molar-refractivity contribution in [2.45, 2.75) is 50.2 Å². The maximum Gasteiger partial charge on any atom is 0.273 e. The van der Waals surface area contributed by atoms with Crippen molar-refractivity contribution in [2.24, 2.45) is 7.05 Å². The third-order valence-electron chi connectivity index (χ3n) is 3.41. The average Bonchev–Trinajstić information content (AvgIpc) is 2.64. The van der Waals surface area contributed by atoms with Crippen LogP contribution < -0.4 is 4.83 Å². The molecule has 0 spiro atoms. The van der Waals surface area contributed by atoms with Gasteiger partial charge in [0.2, 0.25) is 5.03 Å². The van der Waals surface area contributed by atoms with Crippen LogP contribution in [0.3, 0.4) is 0 Å². The van der Waals surface area contributed by atoms with Gasteiger partial charge in [0.1, 0.15) is 0 Å². The van der Waals surface area contributed by atoms with Gasteiger partial charge in [-0.25, -0.2) is 18.1 Å². The molecule has 1 saturated heterocycles. The van der Waals surface area contributed by atoms with E-state index in [4.69, 9.17) is 0 Å². The molecule has 7 nitrogen and oxygen atoms in total. The van der Waals surface area contributed by atoms with Crippen molar-refractivity contribution in [2.75, 3.05) is 0 Å². The molecule has 0 amide bonds. The minimum atomic E-state index is -3.68. The average molecular weight is 352 g/mol. The number of hydrazine groups is 1. The Bertz CT molecular complexity index is 529. The van der Waals surface area contributed by atoms with E-state index in [0.717, 1.165) is 19.3 Å². The van der Waals surface area contributed by atoms with Crippen LogP contribution in [0.1, 0.15) is 33.1 Å². The molecule has 0 aromatic carbocycles. The topological polar surface area (TPSA) is 80.1 Å². The van der Waals surface area contributed by atoms with Gasteiger partial charge in [-0.2, -0.15) is 0 Å². The summed E-state index contributed by atoms with van der Waals surface area (Å²) >= 11 is 3.12. The van der Waals surface area contributed by atoms with Crippen molar-refractivity contribution in [3.63, 3.8) is 0 Å². The highest BCUT2D eigenvalue weighted by molar-refractivity contribution is 9.10. The lowest BCUT2D eigenvalue weighted by Gasteiger charge is -2.38. The third-order valence-corrected chi connectivity index (χ3v) is 5.63. The summed E-state index contributed by atoms with van der Waals surface area (Å²) in [5.74, 6) is 0. The van der Waals surface area contributed by atoms with Crippen LogP contribution in [0.25, 0.3) is 0 Å². The molecular formula is C10H18BrN5O2S. The van der Waals surface area contributed by atoms with Crippen LogP contribution in [0.4, 0.5) is 0 Å². The smallest absolute Gasteiger partial charge is 0.235 e. The number of aryl methyl sites for hydroxylation is 1. The van der Waals surface area contributed by atoms with E-state index in [9.17, 15) is 8.42 Å². The molecule has 9 heteroatoms. The standard InChI is InChI=1S/C10H18BrN5O2S/c1-7-5-4-6-8(2)16(7)14-19(17,18)10-9(11)12-13-15(10)3/h7-8,14H,4-6H2,1-3H3. The van der Waals surface area contributed by atoms with E-state index in [0.29, 0.717) is 0 Å². The second-order valence-corrected chi connectivity index (χ2v) is 7.27. The molecule has 0 saturated carbocycles. The Hall–Kier alpha value is -0.510. The first-order valence-corrected chi connectivity index (χ1v) is 8.46. The van der Waals surface area contributed by atoms with E-state index < -0.39 is 10.0 Å². The second kappa shape index (κ2) is 5.47. The molecule has 2 unspecified atom stereocenters. The number of hydrogen-bond donors (Lipinski definition) is 1. The van der Waals surface area contributed by atoms with E-state index >= 15 is 0 Å². The predicted molar refractivity (Wildman–Crippen MR) is 73.6 cm³/mol. The van der Waals surface area contributed by atoms with Crippen LogP contribution in [0.5, 0.6) is 0 Å². The molecule has 108 valence electrons. The Balaban J connectivity index is 2.26. The van der Waals surface area contributed by atoms with Crippen LogP contribution >= 0.6 is 15.9 Å². The first kappa shape index (κ1) is 14.9. The second-order valence-electron chi connectivity index (χ2n) is 4.94. The minimum absolute atomic E-state index is 0.0393. The molecule has 1 aromatic rings. The van der Waals surface area contributed by atoms with Gasteiger partial charge in [0.15, 0.2) is 4.60 Å². The van der Waals surface area contributed by atoms with Gasteiger partial charge >= 0.3 is 0 Å². The van der Waals surface area contributed by atoms with Crippen LogP contribution in [0.2, 0.25) is 0 Å². The summed E-state index contributed by atoms with van der Waals surface area (Å²) in [6, 6.07) is 0.358. The third kappa shape index (κ3) is 2.99. The summed E-state index contributed by atoms with van der Waals surface area (Å²) < 4.78 is 26.3. The van der Waals surface area contributed by atoms with Crippen molar-refractivity contribution in [3.05, 3.63) is 4.60 Å². The molecule has 0 radical (unpaired) electrons. The lowest BCUT2D eigenvalue weighted by atomic mass is 10.0. The molecular weight excluding hydrogens is 334 g/mol. The fourth-order valence-electron chi connectivity index (χ4n) is 2.39. The summed E-state index contributed by atoms with van der Waals surface area (Å²) in [7, 11) is -2.13. The van der Waals surface area contributed by atoms with Gasteiger partial charge in [0.25, 0.3) is 10.0 Å². The molecule has 1 aliphatic rings. The summed E-state index contributed by atoms with van der Waals surface area (Å²) in [4.78, 5) is 2.65. The number of aromatic nitrogens is 3. The van der Waals surface area contributed by atoms with Crippen molar-refractivity contribution in [1.29, 1.82) is 0 Å². The Morgan fingerprint density at radius 3 is 2.37 bits per heavy atom. The summed E-state index contributed by atoms with van der Waals surface area (Å²) in [6.45, 7) is 4.05. The molecule has 1 aliphatic heterocycles. The Kier molecular flexibility index (Phi) is 4.29. The van der Waals surface area contributed by atoms with Crippen LogP contribution in [-0.2, 0) is 17.1 Å². The normalized spacial score (nSPS) is 25.7.